The van der Waals surface area contributed by atoms with Crippen LogP contribution in [-0.2, 0) is 19.1 Å². The number of Topliss-reactive ketones (excluding diaryl/α,β-unsaturated/α-hetero) is 2. The lowest BCUT2D eigenvalue weighted by Crippen LogP contribution is -2.49. The van der Waals surface area contributed by atoms with Gasteiger partial charge in [0.15, 0.2) is 5.78 Å². The molecule has 3 fully saturated rings. The van der Waals surface area contributed by atoms with E-state index in [4.69, 9.17) is 4.74 Å². The average molecular weight is 236 g/mol. The van der Waals surface area contributed by atoms with Crippen LogP contribution in [0.25, 0.3) is 0 Å². The summed E-state index contributed by atoms with van der Waals surface area (Å²) in [7, 11) is 1.30. The summed E-state index contributed by atoms with van der Waals surface area (Å²) in [6.45, 7) is 2.11. The Labute approximate surface area is 99.7 Å². The molecule has 4 nitrogen and oxygen atoms in total. The second-order valence-electron chi connectivity index (χ2n) is 5.92. The summed E-state index contributed by atoms with van der Waals surface area (Å²) in [6.07, 6.45) is 2.27. The first kappa shape index (κ1) is 10.9. The van der Waals surface area contributed by atoms with Crippen LogP contribution in [-0.4, -0.2) is 24.6 Å². The number of methoxy groups -OCH3 is 1. The largest absolute Gasteiger partial charge is 0.468 e. The fourth-order valence-corrected chi connectivity index (χ4v) is 4.52. The molecule has 3 aliphatic rings. The van der Waals surface area contributed by atoms with Gasteiger partial charge in [0.25, 0.3) is 0 Å². The van der Waals surface area contributed by atoms with Crippen LogP contribution < -0.4 is 0 Å². The maximum absolute atomic E-state index is 12.3. The molecule has 0 unspecified atom stereocenters. The van der Waals surface area contributed by atoms with E-state index >= 15 is 0 Å². The van der Waals surface area contributed by atoms with E-state index in [0.29, 0.717) is 19.3 Å². The van der Waals surface area contributed by atoms with Crippen molar-refractivity contribution < 1.29 is 19.1 Å². The Hall–Kier alpha value is -1.19. The van der Waals surface area contributed by atoms with Gasteiger partial charge in [-0.15, -0.1) is 0 Å². The molecule has 0 aliphatic heterocycles. The minimum atomic E-state index is -1.13. The van der Waals surface area contributed by atoms with Crippen LogP contribution in [0.2, 0.25) is 0 Å². The summed E-state index contributed by atoms with van der Waals surface area (Å²) in [6, 6.07) is 0. The van der Waals surface area contributed by atoms with Crippen molar-refractivity contribution in [1.82, 2.24) is 0 Å². The molecule has 4 heteroatoms. The van der Waals surface area contributed by atoms with Crippen LogP contribution in [0.5, 0.6) is 0 Å². The Morgan fingerprint density at radius 1 is 1.41 bits per heavy atom. The van der Waals surface area contributed by atoms with E-state index in [2.05, 4.69) is 6.92 Å². The molecular weight excluding hydrogens is 220 g/mol. The molecule has 0 heterocycles. The first-order chi connectivity index (χ1) is 7.96. The number of carbonyl (C=O) groups excluding carboxylic acids is 3. The SMILES string of the molecule is COC(=O)[C@@]12C(=O)CC[C@@]3(C)C[C@@H]1C(=O)C[C@H]32. The summed E-state index contributed by atoms with van der Waals surface area (Å²) in [4.78, 5) is 36.3. The molecule has 0 amide bonds. The van der Waals surface area contributed by atoms with Crippen molar-refractivity contribution >= 4 is 17.5 Å². The van der Waals surface area contributed by atoms with E-state index in [-0.39, 0.29) is 22.9 Å². The first-order valence-electron chi connectivity index (χ1n) is 6.11. The molecule has 4 atom stereocenters. The van der Waals surface area contributed by atoms with E-state index in [9.17, 15) is 14.4 Å². The number of ether oxygens (including phenoxy) is 1. The maximum atomic E-state index is 12.3. The van der Waals surface area contributed by atoms with Gasteiger partial charge >= 0.3 is 5.97 Å². The Balaban J connectivity index is 2.19. The van der Waals surface area contributed by atoms with Crippen molar-refractivity contribution in [2.75, 3.05) is 7.11 Å². The zero-order valence-electron chi connectivity index (χ0n) is 10.1. The predicted octanol–water partition coefficient (Wildman–Crippen LogP) is 1.12. The molecule has 0 radical (unpaired) electrons. The Morgan fingerprint density at radius 2 is 2.12 bits per heavy atom. The minimum absolute atomic E-state index is 0.0271. The highest BCUT2D eigenvalue weighted by molar-refractivity contribution is 6.12. The summed E-state index contributed by atoms with van der Waals surface area (Å²) < 4.78 is 4.84. The second kappa shape index (κ2) is 2.98. The van der Waals surface area contributed by atoms with Gasteiger partial charge < -0.3 is 4.74 Å². The molecule has 3 rings (SSSR count). The van der Waals surface area contributed by atoms with Crippen LogP contribution >= 0.6 is 0 Å². The fraction of sp³-hybridized carbons (Fsp3) is 0.769. The van der Waals surface area contributed by atoms with Gasteiger partial charge in [-0.2, -0.15) is 0 Å². The maximum Gasteiger partial charge on any atom is 0.320 e. The molecule has 3 aliphatic carbocycles. The van der Waals surface area contributed by atoms with Gasteiger partial charge in [0.2, 0.25) is 0 Å². The molecule has 0 aromatic carbocycles. The number of rotatable bonds is 1. The van der Waals surface area contributed by atoms with Crippen LogP contribution in [0, 0.1) is 22.7 Å². The van der Waals surface area contributed by atoms with E-state index < -0.39 is 17.3 Å². The van der Waals surface area contributed by atoms with Crippen molar-refractivity contribution in [3.63, 3.8) is 0 Å². The monoisotopic (exact) mass is 236 g/mol. The smallest absolute Gasteiger partial charge is 0.320 e. The van der Waals surface area contributed by atoms with Crippen LogP contribution in [0.15, 0.2) is 0 Å². The Morgan fingerprint density at radius 3 is 2.76 bits per heavy atom. The normalized spacial score (nSPS) is 47.4. The standard InChI is InChI=1S/C13H16O4/c1-12-4-3-10(15)13(11(16)17-2)7(6-12)8(14)5-9(12)13/h7,9H,3-6H2,1-2H3/t7-,9-,12+,13+/m1/s1. The lowest BCUT2D eigenvalue weighted by atomic mass is 9.61. The zero-order valence-corrected chi connectivity index (χ0v) is 10.1. The molecule has 4 bridgehead atoms. The van der Waals surface area contributed by atoms with Gasteiger partial charge in [0, 0.05) is 18.8 Å². The number of ketones is 2. The third-order valence-electron chi connectivity index (χ3n) is 5.31. The van der Waals surface area contributed by atoms with Gasteiger partial charge in [-0.25, -0.2) is 0 Å². The lowest BCUT2D eigenvalue weighted by molar-refractivity contribution is -0.165. The van der Waals surface area contributed by atoms with Crippen molar-refractivity contribution in [1.29, 1.82) is 0 Å². The quantitative estimate of drug-likeness (QED) is 0.505. The van der Waals surface area contributed by atoms with Crippen molar-refractivity contribution in [2.24, 2.45) is 22.7 Å². The van der Waals surface area contributed by atoms with Crippen molar-refractivity contribution in [2.45, 2.75) is 32.6 Å². The predicted molar refractivity (Wildman–Crippen MR) is 58.0 cm³/mol. The molecule has 0 aromatic rings. The highest BCUT2D eigenvalue weighted by atomic mass is 16.5. The van der Waals surface area contributed by atoms with E-state index in [0.717, 1.165) is 6.42 Å². The summed E-state index contributed by atoms with van der Waals surface area (Å²) in [5, 5.41) is 0. The summed E-state index contributed by atoms with van der Waals surface area (Å²) in [5.74, 6) is -1.01. The third kappa shape index (κ3) is 0.980. The van der Waals surface area contributed by atoms with Gasteiger partial charge in [-0.05, 0) is 24.2 Å². The van der Waals surface area contributed by atoms with E-state index in [1.165, 1.54) is 7.11 Å². The van der Waals surface area contributed by atoms with Gasteiger partial charge in [-0.3, -0.25) is 14.4 Å². The molecule has 0 N–H and O–H groups in total. The highest BCUT2D eigenvalue weighted by Crippen LogP contribution is 2.69. The molecule has 17 heavy (non-hydrogen) atoms. The average Bonchev–Trinajstić information content (AvgIpc) is 2.68. The van der Waals surface area contributed by atoms with Crippen LogP contribution in [0.3, 0.4) is 0 Å². The molecule has 0 saturated heterocycles. The topological polar surface area (TPSA) is 60.4 Å². The number of carbonyl (C=O) groups is 3. The van der Waals surface area contributed by atoms with Gasteiger partial charge in [0.1, 0.15) is 11.2 Å². The Kier molecular flexibility index (Phi) is 1.91. The van der Waals surface area contributed by atoms with Crippen LogP contribution in [0.4, 0.5) is 0 Å². The summed E-state index contributed by atoms with van der Waals surface area (Å²) >= 11 is 0. The van der Waals surface area contributed by atoms with E-state index in [1.54, 1.807) is 0 Å². The molecule has 0 spiro atoms. The van der Waals surface area contributed by atoms with Gasteiger partial charge in [0.05, 0.1) is 7.11 Å². The summed E-state index contributed by atoms with van der Waals surface area (Å²) in [5.41, 5.74) is -1.15. The fourth-order valence-electron chi connectivity index (χ4n) is 4.52. The highest BCUT2D eigenvalue weighted by Gasteiger charge is 2.75. The molecule has 3 saturated carbocycles. The number of hydrogen-bond donors (Lipinski definition) is 0. The van der Waals surface area contributed by atoms with Crippen molar-refractivity contribution in [3.05, 3.63) is 0 Å². The number of esters is 1. The Bertz CT molecular complexity index is 431. The van der Waals surface area contributed by atoms with E-state index in [1.807, 2.05) is 0 Å². The molecule has 92 valence electrons. The lowest BCUT2D eigenvalue weighted by Gasteiger charge is -2.40. The number of hydrogen-bond acceptors (Lipinski definition) is 4. The van der Waals surface area contributed by atoms with Gasteiger partial charge in [-0.1, -0.05) is 6.92 Å². The zero-order chi connectivity index (χ0) is 12.4. The molecule has 0 aromatic heterocycles. The third-order valence-corrected chi connectivity index (χ3v) is 5.31. The molecular formula is C13H16O4. The minimum Gasteiger partial charge on any atom is -0.468 e. The first-order valence-corrected chi connectivity index (χ1v) is 6.11. The van der Waals surface area contributed by atoms with Crippen molar-refractivity contribution in [3.8, 4) is 0 Å². The van der Waals surface area contributed by atoms with Crippen LogP contribution in [0.1, 0.15) is 32.6 Å². The second-order valence-corrected chi connectivity index (χ2v) is 5.92.